The number of allylic oxidation sites excluding steroid dienone is 9. The molecule has 0 saturated heterocycles. The van der Waals surface area contributed by atoms with Gasteiger partial charge in [0.1, 0.15) is 6.10 Å². The Balaban J connectivity index is 2.47. The van der Waals surface area contributed by atoms with Gasteiger partial charge in [0, 0.05) is 43.8 Å². The Morgan fingerprint density at radius 3 is 2.45 bits per heavy atom. The van der Waals surface area contributed by atoms with Crippen molar-refractivity contribution in [2.45, 2.75) is 79.2 Å². The smallest absolute Gasteiger partial charge is 0.331 e. The van der Waals surface area contributed by atoms with Gasteiger partial charge in [0.15, 0.2) is 0 Å². The highest BCUT2D eigenvalue weighted by Crippen LogP contribution is 2.41. The van der Waals surface area contributed by atoms with E-state index in [9.17, 15) is 19.5 Å². The standard InChI is InChI=1S/C32H47N3O5/c1-20-10-9-11-28(37)40-30(23(4)29(38)24(5)34-25(6)36)22(3)13-12-21(2)18-26-14-15-27(35-31(39)33-8)19-32(26,7)17-16-20/h9-18,22-24,26-27,29-30,38H,19H2,1-8H3,(H,34,36)(H2,33,35,39)/b11-9-,13-12-,17-16-,20-10-,21-18-/t22-,23-,24-,26-,27-,29+,30-,32-/m1/s1. The molecule has 8 heteroatoms. The normalized spacial score (nSPS) is 34.7. The lowest BCUT2D eigenvalue weighted by Gasteiger charge is -2.38. The lowest BCUT2D eigenvalue weighted by atomic mass is 9.68. The van der Waals surface area contributed by atoms with E-state index in [4.69, 9.17) is 4.74 Å². The minimum atomic E-state index is -0.916. The van der Waals surface area contributed by atoms with Crippen molar-refractivity contribution < 1.29 is 24.2 Å². The van der Waals surface area contributed by atoms with Crippen LogP contribution < -0.4 is 16.0 Å². The number of amides is 3. The molecule has 0 fully saturated rings. The van der Waals surface area contributed by atoms with E-state index < -0.39 is 30.1 Å². The second-order valence-corrected chi connectivity index (χ2v) is 11.4. The molecule has 8 nitrogen and oxygen atoms in total. The zero-order valence-electron chi connectivity index (χ0n) is 25.1. The summed E-state index contributed by atoms with van der Waals surface area (Å²) in [6, 6.07) is -0.825. The minimum absolute atomic E-state index is 0.0931. The monoisotopic (exact) mass is 553 g/mol. The molecule has 0 bridgehead atoms. The van der Waals surface area contributed by atoms with Crippen LogP contribution in [-0.4, -0.2) is 54.4 Å². The summed E-state index contributed by atoms with van der Waals surface area (Å²) in [6.45, 7) is 13.1. The number of hydrogen-bond donors (Lipinski definition) is 4. The molecule has 4 N–H and O–H groups in total. The topological polar surface area (TPSA) is 117 Å². The first-order chi connectivity index (χ1) is 18.7. The molecule has 8 atom stereocenters. The number of rotatable bonds is 5. The fourth-order valence-electron chi connectivity index (χ4n) is 5.25. The molecule has 0 aromatic carbocycles. The molecule has 220 valence electrons. The Labute approximate surface area is 239 Å². The van der Waals surface area contributed by atoms with Gasteiger partial charge in [0.2, 0.25) is 5.91 Å². The quantitative estimate of drug-likeness (QED) is 0.295. The lowest BCUT2D eigenvalue weighted by molar-refractivity contribution is -0.151. The van der Waals surface area contributed by atoms with Crippen LogP contribution in [0.4, 0.5) is 4.79 Å². The van der Waals surface area contributed by atoms with Crippen molar-refractivity contribution in [1.82, 2.24) is 16.0 Å². The van der Waals surface area contributed by atoms with Gasteiger partial charge in [-0.25, -0.2) is 9.59 Å². The van der Waals surface area contributed by atoms with Crippen LogP contribution in [0.25, 0.3) is 0 Å². The van der Waals surface area contributed by atoms with Gasteiger partial charge in [-0.2, -0.15) is 0 Å². The number of esters is 1. The van der Waals surface area contributed by atoms with E-state index in [0.29, 0.717) is 0 Å². The first kappa shape index (κ1) is 32.8. The third-order valence-electron chi connectivity index (χ3n) is 7.71. The van der Waals surface area contributed by atoms with Crippen LogP contribution in [0.15, 0.2) is 71.9 Å². The van der Waals surface area contributed by atoms with Gasteiger partial charge >= 0.3 is 12.0 Å². The number of urea groups is 1. The molecule has 1 aliphatic carbocycles. The van der Waals surface area contributed by atoms with Crippen molar-refractivity contribution >= 4 is 17.9 Å². The van der Waals surface area contributed by atoms with Crippen molar-refractivity contribution in [2.75, 3.05) is 7.05 Å². The summed E-state index contributed by atoms with van der Waals surface area (Å²) in [4.78, 5) is 36.3. The predicted octanol–water partition coefficient (Wildman–Crippen LogP) is 4.51. The number of carbonyl (C=O) groups excluding carboxylic acids is 3. The molecular formula is C32H47N3O5. The summed E-state index contributed by atoms with van der Waals surface area (Å²) in [7, 11) is 1.60. The van der Waals surface area contributed by atoms with E-state index in [1.807, 2.05) is 58.1 Å². The van der Waals surface area contributed by atoms with Crippen molar-refractivity contribution in [3.05, 3.63) is 71.9 Å². The van der Waals surface area contributed by atoms with Crippen LogP contribution in [0.2, 0.25) is 0 Å². The molecular weight excluding hydrogens is 506 g/mol. The highest BCUT2D eigenvalue weighted by molar-refractivity contribution is 5.82. The SMILES string of the molecule is CNC(=O)N[C@@H]1C=C[C@@H]2/C=C(C)\C=C/[C@@H](C)[C@H]([C@H](C)[C@H](O)[C@@H](C)NC(C)=O)OC(=O)\C=C/C=C(C)\C=C/[C@]2(C)C1. The average molecular weight is 554 g/mol. The second kappa shape index (κ2) is 14.8. The Bertz CT molecular complexity index is 1100. The van der Waals surface area contributed by atoms with Crippen LogP contribution in [0.3, 0.4) is 0 Å². The van der Waals surface area contributed by atoms with Crippen LogP contribution in [0, 0.1) is 23.2 Å². The number of nitrogens with one attached hydrogen (secondary N) is 3. The maximum Gasteiger partial charge on any atom is 0.331 e. The third kappa shape index (κ3) is 9.66. The molecule has 0 saturated carbocycles. The van der Waals surface area contributed by atoms with E-state index in [1.165, 1.54) is 13.0 Å². The molecule has 2 rings (SSSR count). The first-order valence-electron chi connectivity index (χ1n) is 14.0. The number of cyclic esters (lactones) is 1. The molecule has 1 aliphatic heterocycles. The molecule has 0 radical (unpaired) electrons. The highest BCUT2D eigenvalue weighted by atomic mass is 16.5. The molecule has 0 unspecified atom stereocenters. The summed E-state index contributed by atoms with van der Waals surface area (Å²) in [5, 5.41) is 19.3. The van der Waals surface area contributed by atoms with E-state index >= 15 is 0 Å². The largest absolute Gasteiger partial charge is 0.458 e. The number of hydrogen-bond acceptors (Lipinski definition) is 5. The first-order valence-corrected chi connectivity index (χ1v) is 14.0. The molecule has 2 aliphatic rings. The Morgan fingerprint density at radius 2 is 1.80 bits per heavy atom. The van der Waals surface area contributed by atoms with E-state index in [2.05, 4.69) is 41.1 Å². The molecule has 0 spiro atoms. The Morgan fingerprint density at radius 1 is 1.10 bits per heavy atom. The van der Waals surface area contributed by atoms with Crippen LogP contribution >= 0.6 is 0 Å². The van der Waals surface area contributed by atoms with Crippen molar-refractivity contribution in [3.8, 4) is 0 Å². The van der Waals surface area contributed by atoms with Gasteiger partial charge < -0.3 is 25.8 Å². The second-order valence-electron chi connectivity index (χ2n) is 11.4. The maximum atomic E-state index is 12.8. The number of fused-ring (bicyclic) bond motifs is 1. The lowest BCUT2D eigenvalue weighted by Crippen LogP contribution is -2.48. The van der Waals surface area contributed by atoms with Crippen molar-refractivity contribution in [1.29, 1.82) is 0 Å². The maximum absolute atomic E-state index is 12.8. The van der Waals surface area contributed by atoms with E-state index in [0.717, 1.165) is 17.6 Å². The summed E-state index contributed by atoms with van der Waals surface area (Å²) in [5.74, 6) is -1.31. The zero-order valence-corrected chi connectivity index (χ0v) is 25.1. The average Bonchev–Trinajstić information content (AvgIpc) is 2.89. The van der Waals surface area contributed by atoms with Gasteiger partial charge in [0.05, 0.1) is 12.1 Å². The molecule has 0 aromatic heterocycles. The van der Waals surface area contributed by atoms with Gasteiger partial charge in [-0.3, -0.25) is 4.79 Å². The van der Waals surface area contributed by atoms with Gasteiger partial charge in [0.25, 0.3) is 0 Å². The molecule has 40 heavy (non-hydrogen) atoms. The van der Waals surface area contributed by atoms with E-state index in [1.54, 1.807) is 20.0 Å². The summed E-state index contributed by atoms with van der Waals surface area (Å²) in [6.07, 6.45) is 18.7. The van der Waals surface area contributed by atoms with Crippen LogP contribution in [0.1, 0.15) is 54.9 Å². The highest BCUT2D eigenvalue weighted by Gasteiger charge is 2.36. The third-order valence-corrected chi connectivity index (χ3v) is 7.71. The fourth-order valence-corrected chi connectivity index (χ4v) is 5.25. The van der Waals surface area contributed by atoms with Gasteiger partial charge in [-0.15, -0.1) is 0 Å². The zero-order chi connectivity index (χ0) is 30.0. The van der Waals surface area contributed by atoms with Crippen LogP contribution in [-0.2, 0) is 14.3 Å². The number of carbonyl (C=O) groups is 3. The summed E-state index contributed by atoms with van der Waals surface area (Å²) >= 11 is 0. The Hall–Kier alpha value is -3.39. The van der Waals surface area contributed by atoms with E-state index in [-0.39, 0.29) is 35.2 Å². The van der Waals surface area contributed by atoms with Crippen LogP contribution in [0.5, 0.6) is 0 Å². The van der Waals surface area contributed by atoms with Gasteiger partial charge in [-0.05, 0) is 32.6 Å². The Kier molecular flexibility index (Phi) is 12.2. The molecule has 1 heterocycles. The predicted molar refractivity (Wildman–Crippen MR) is 159 cm³/mol. The molecule has 3 amide bonds. The number of aliphatic hydroxyl groups is 1. The number of aliphatic hydroxyl groups excluding tert-OH is 1. The summed E-state index contributed by atoms with van der Waals surface area (Å²) in [5.41, 5.74) is 1.74. The van der Waals surface area contributed by atoms with Gasteiger partial charge in [-0.1, -0.05) is 86.6 Å². The summed E-state index contributed by atoms with van der Waals surface area (Å²) < 4.78 is 5.86. The van der Waals surface area contributed by atoms with Crippen molar-refractivity contribution in [2.24, 2.45) is 23.2 Å². The minimum Gasteiger partial charge on any atom is -0.458 e. The fraction of sp³-hybridized carbons (Fsp3) is 0.531. The number of ether oxygens (including phenoxy) is 1. The van der Waals surface area contributed by atoms with Crippen molar-refractivity contribution in [3.63, 3.8) is 0 Å². The molecule has 0 aromatic rings.